The van der Waals surface area contributed by atoms with Gasteiger partial charge in [0.05, 0.1) is 15.7 Å². The number of carbonyl (C=O) groups excluding carboxylic acids is 1. The monoisotopic (exact) mass is 577 g/mol. The van der Waals surface area contributed by atoms with Crippen molar-refractivity contribution in [2.24, 2.45) is 0 Å². The molecule has 0 aliphatic rings. The summed E-state index contributed by atoms with van der Waals surface area (Å²) in [6, 6.07) is 25.0. The van der Waals surface area contributed by atoms with Gasteiger partial charge in [0.1, 0.15) is 11.7 Å². The number of benzene rings is 3. The van der Waals surface area contributed by atoms with Crippen LogP contribution in [0.1, 0.15) is 28.9 Å². The molecule has 0 aliphatic carbocycles. The third-order valence-corrected chi connectivity index (χ3v) is 6.83. The fourth-order valence-corrected chi connectivity index (χ4v) is 4.33. The predicted octanol–water partition coefficient (Wildman–Crippen LogP) is 6.18. The van der Waals surface area contributed by atoms with Crippen LogP contribution in [0, 0.1) is 0 Å². The molecule has 4 N–H and O–H groups in total. The van der Waals surface area contributed by atoms with Gasteiger partial charge in [-0.1, -0.05) is 77.8 Å². The zero-order valence-electron chi connectivity index (χ0n) is 21.6. The van der Waals surface area contributed by atoms with Crippen LogP contribution in [-0.2, 0) is 11.2 Å². The van der Waals surface area contributed by atoms with Gasteiger partial charge in [-0.2, -0.15) is 0 Å². The largest absolute Gasteiger partial charge is 0.480 e. The van der Waals surface area contributed by atoms with E-state index in [0.717, 1.165) is 11.3 Å². The number of anilines is 2. The molecule has 4 aromatic rings. The number of halogens is 2. The lowest BCUT2D eigenvalue weighted by Crippen LogP contribution is -2.41. The quantitative estimate of drug-likeness (QED) is 0.140. The predicted molar refractivity (Wildman–Crippen MR) is 159 cm³/mol. The fraction of sp³-hybridized carbons (Fsp3) is 0.200. The van der Waals surface area contributed by atoms with E-state index in [2.05, 4.69) is 25.9 Å². The number of amides is 1. The highest BCUT2D eigenvalue weighted by Gasteiger charge is 2.22. The number of para-hydroxylation sites is 1. The molecule has 0 fully saturated rings. The molecule has 1 amide bonds. The molecule has 1 unspecified atom stereocenters. The molecule has 0 radical (unpaired) electrons. The Balaban J connectivity index is 1.48. The highest BCUT2D eigenvalue weighted by atomic mass is 35.5. The van der Waals surface area contributed by atoms with Crippen molar-refractivity contribution < 1.29 is 14.7 Å². The molecule has 0 bridgehead atoms. The van der Waals surface area contributed by atoms with E-state index in [4.69, 9.17) is 23.2 Å². The average molecular weight is 579 g/mol. The number of nitrogens with one attached hydrogen (secondary N) is 3. The lowest BCUT2D eigenvalue weighted by Gasteiger charge is -2.15. The zero-order valence-corrected chi connectivity index (χ0v) is 23.1. The van der Waals surface area contributed by atoms with Crippen LogP contribution in [0.5, 0.6) is 0 Å². The number of carboxylic acids is 1. The molecule has 40 heavy (non-hydrogen) atoms. The number of rotatable bonds is 13. The second-order valence-corrected chi connectivity index (χ2v) is 9.87. The van der Waals surface area contributed by atoms with Gasteiger partial charge in [-0.15, -0.1) is 0 Å². The normalized spacial score (nSPS) is 11.4. The Kier molecular flexibility index (Phi) is 10.3. The number of aliphatic carboxylic acids is 1. The van der Waals surface area contributed by atoms with Crippen LogP contribution in [0.25, 0.3) is 11.3 Å². The van der Waals surface area contributed by atoms with Crippen molar-refractivity contribution in [2.75, 3.05) is 23.7 Å². The second kappa shape index (κ2) is 14.3. The molecule has 1 heterocycles. The van der Waals surface area contributed by atoms with Crippen molar-refractivity contribution >= 4 is 46.7 Å². The summed E-state index contributed by atoms with van der Waals surface area (Å²) in [5.41, 5.74) is 3.19. The molecule has 0 spiro atoms. The maximum Gasteiger partial charge on any atom is 0.326 e. The summed E-state index contributed by atoms with van der Waals surface area (Å²) in [4.78, 5) is 34.1. The zero-order chi connectivity index (χ0) is 28.3. The summed E-state index contributed by atoms with van der Waals surface area (Å²) in [5.74, 6) is -1.49. The molecule has 8 nitrogen and oxygen atoms in total. The van der Waals surface area contributed by atoms with Crippen molar-refractivity contribution in [3.63, 3.8) is 0 Å². The summed E-state index contributed by atoms with van der Waals surface area (Å²) < 4.78 is 0. The number of hydrogen-bond acceptors (Lipinski definition) is 6. The van der Waals surface area contributed by atoms with Crippen LogP contribution in [0.2, 0.25) is 10.0 Å². The molecule has 0 saturated heterocycles. The van der Waals surface area contributed by atoms with Crippen molar-refractivity contribution in [3.8, 4) is 11.3 Å². The van der Waals surface area contributed by atoms with Crippen LogP contribution >= 0.6 is 23.2 Å². The summed E-state index contributed by atoms with van der Waals surface area (Å²) >= 11 is 12.3. The van der Waals surface area contributed by atoms with Crippen molar-refractivity contribution in [3.05, 3.63) is 106 Å². The number of carbonyl (C=O) groups is 2. The Morgan fingerprint density at radius 3 is 2.23 bits per heavy atom. The van der Waals surface area contributed by atoms with Crippen molar-refractivity contribution in [1.82, 2.24) is 15.3 Å². The highest BCUT2D eigenvalue weighted by Crippen LogP contribution is 2.28. The second-order valence-electron chi connectivity index (χ2n) is 9.05. The molecular weight excluding hydrogens is 549 g/mol. The van der Waals surface area contributed by atoms with Crippen LogP contribution < -0.4 is 16.0 Å². The highest BCUT2D eigenvalue weighted by molar-refractivity contribution is 6.42. The summed E-state index contributed by atoms with van der Waals surface area (Å²) in [5, 5.41) is 19.5. The van der Waals surface area contributed by atoms with E-state index in [1.54, 1.807) is 18.2 Å². The van der Waals surface area contributed by atoms with E-state index in [1.165, 1.54) is 6.07 Å². The first-order chi connectivity index (χ1) is 19.4. The first-order valence-corrected chi connectivity index (χ1v) is 13.6. The molecule has 1 aromatic heterocycles. The van der Waals surface area contributed by atoms with E-state index in [9.17, 15) is 14.7 Å². The lowest BCUT2D eigenvalue weighted by molar-refractivity contribution is -0.139. The van der Waals surface area contributed by atoms with Gasteiger partial charge in [0.25, 0.3) is 5.91 Å². The number of aryl methyl sites for hydroxylation is 1. The van der Waals surface area contributed by atoms with Gasteiger partial charge in [0.2, 0.25) is 5.95 Å². The number of carboxylic acid groups (broad SMARTS) is 1. The van der Waals surface area contributed by atoms with Gasteiger partial charge < -0.3 is 21.1 Å². The summed E-state index contributed by atoms with van der Waals surface area (Å²) in [6.45, 7) is 1.05. The SMILES string of the molecule is O=C(NC(CCCc1ccccc1)C(=O)O)c1cc(-c2ccc(Cl)c(Cl)c2)nc(NCCNc2ccccc2)n1. The van der Waals surface area contributed by atoms with Gasteiger partial charge in [0.15, 0.2) is 0 Å². The van der Waals surface area contributed by atoms with Gasteiger partial charge >= 0.3 is 5.97 Å². The molecule has 3 aromatic carbocycles. The first kappa shape index (κ1) is 28.9. The Morgan fingerprint density at radius 2 is 1.52 bits per heavy atom. The molecule has 0 aliphatic heterocycles. The smallest absolute Gasteiger partial charge is 0.326 e. The minimum absolute atomic E-state index is 0.0314. The third kappa shape index (κ3) is 8.43. The molecule has 206 valence electrons. The van der Waals surface area contributed by atoms with E-state index in [0.29, 0.717) is 47.2 Å². The summed E-state index contributed by atoms with van der Waals surface area (Å²) in [6.07, 6.45) is 1.58. The van der Waals surface area contributed by atoms with E-state index in [1.807, 2.05) is 60.7 Å². The van der Waals surface area contributed by atoms with Gasteiger partial charge in [-0.05, 0) is 55.2 Å². The Morgan fingerprint density at radius 1 is 0.825 bits per heavy atom. The maximum atomic E-state index is 13.2. The molecule has 0 saturated carbocycles. The first-order valence-electron chi connectivity index (χ1n) is 12.8. The minimum Gasteiger partial charge on any atom is -0.480 e. The van der Waals surface area contributed by atoms with Crippen LogP contribution in [-0.4, -0.2) is 46.1 Å². The Hall–Kier alpha value is -4.14. The maximum absolute atomic E-state index is 13.2. The molecule has 1 atom stereocenters. The van der Waals surface area contributed by atoms with E-state index < -0.39 is 17.9 Å². The number of aromatic nitrogens is 2. The lowest BCUT2D eigenvalue weighted by atomic mass is 10.0. The Bertz CT molecular complexity index is 1440. The van der Waals surface area contributed by atoms with E-state index in [-0.39, 0.29) is 18.1 Å². The number of nitrogens with zero attached hydrogens (tertiary/aromatic N) is 2. The minimum atomic E-state index is -1.11. The standard InChI is InChI=1S/C30H29Cl2N5O3/c31-23-15-14-21(18-24(23)32)26-19-27(37-30(36-26)34-17-16-33-22-11-5-2-6-12-22)28(38)35-25(29(39)40)13-7-10-20-8-3-1-4-9-20/h1-6,8-9,11-12,14-15,18-19,25,33H,7,10,13,16-17H2,(H,35,38)(H,39,40)(H,34,36,37). The van der Waals surface area contributed by atoms with Crippen LogP contribution in [0.4, 0.5) is 11.6 Å². The number of hydrogen-bond donors (Lipinski definition) is 4. The summed E-state index contributed by atoms with van der Waals surface area (Å²) in [7, 11) is 0. The van der Waals surface area contributed by atoms with Crippen LogP contribution in [0.3, 0.4) is 0 Å². The van der Waals surface area contributed by atoms with Gasteiger partial charge in [0, 0.05) is 24.3 Å². The molecule has 4 rings (SSSR count). The molecule has 10 heteroatoms. The van der Waals surface area contributed by atoms with Crippen molar-refractivity contribution in [1.29, 1.82) is 0 Å². The fourth-order valence-electron chi connectivity index (χ4n) is 4.03. The third-order valence-electron chi connectivity index (χ3n) is 6.09. The van der Waals surface area contributed by atoms with Gasteiger partial charge in [-0.25, -0.2) is 14.8 Å². The Labute approximate surface area is 242 Å². The van der Waals surface area contributed by atoms with Crippen LogP contribution in [0.15, 0.2) is 84.9 Å². The van der Waals surface area contributed by atoms with E-state index >= 15 is 0 Å². The van der Waals surface area contributed by atoms with Gasteiger partial charge in [-0.3, -0.25) is 4.79 Å². The topological polar surface area (TPSA) is 116 Å². The van der Waals surface area contributed by atoms with Crippen molar-refractivity contribution in [2.45, 2.75) is 25.3 Å². The molecular formula is C30H29Cl2N5O3. The average Bonchev–Trinajstić information content (AvgIpc) is 2.97.